The summed E-state index contributed by atoms with van der Waals surface area (Å²) < 4.78 is 0. The number of hydrogen-bond acceptors (Lipinski definition) is 2. The van der Waals surface area contributed by atoms with Gasteiger partial charge in [0.2, 0.25) is 5.91 Å². The maximum atomic E-state index is 12.6. The van der Waals surface area contributed by atoms with Gasteiger partial charge in [0.05, 0.1) is 5.69 Å². The Morgan fingerprint density at radius 3 is 2.78 bits per heavy atom. The van der Waals surface area contributed by atoms with Crippen LogP contribution in [0.1, 0.15) is 31.2 Å². The van der Waals surface area contributed by atoms with Crippen molar-refractivity contribution in [2.24, 2.45) is 17.8 Å². The first kappa shape index (κ1) is 14.4. The van der Waals surface area contributed by atoms with Gasteiger partial charge in [-0.05, 0) is 67.9 Å². The van der Waals surface area contributed by atoms with Gasteiger partial charge in [-0.25, -0.2) is 0 Å². The number of anilines is 1. The van der Waals surface area contributed by atoms with Gasteiger partial charge in [0.15, 0.2) is 0 Å². The number of carbonyl (C=O) groups excluding carboxylic acids is 1. The first-order valence-electron chi connectivity index (χ1n) is 8.53. The highest BCUT2D eigenvalue weighted by Gasteiger charge is 2.42. The Hall–Kier alpha value is -2.16. The quantitative estimate of drug-likeness (QED) is 0.911. The maximum absolute atomic E-state index is 12.6. The molecule has 2 fully saturated rings. The summed E-state index contributed by atoms with van der Waals surface area (Å²) in [5, 5.41) is 3.14. The Morgan fingerprint density at radius 2 is 2.09 bits per heavy atom. The van der Waals surface area contributed by atoms with Gasteiger partial charge in [0.1, 0.15) is 0 Å². The number of pyridine rings is 1. The number of amides is 1. The van der Waals surface area contributed by atoms with Crippen LogP contribution in [0.15, 0.2) is 42.6 Å². The van der Waals surface area contributed by atoms with E-state index < -0.39 is 0 Å². The first-order chi connectivity index (χ1) is 11.2. The van der Waals surface area contributed by atoms with Crippen molar-refractivity contribution in [3.05, 3.63) is 48.2 Å². The van der Waals surface area contributed by atoms with E-state index in [4.69, 9.17) is 0 Å². The van der Waals surface area contributed by atoms with Crippen molar-refractivity contribution in [3.63, 3.8) is 0 Å². The van der Waals surface area contributed by atoms with Crippen molar-refractivity contribution >= 4 is 11.6 Å². The second-order valence-corrected chi connectivity index (χ2v) is 7.02. The zero-order valence-corrected chi connectivity index (χ0v) is 13.5. The number of aryl methyl sites for hydroxylation is 1. The fourth-order valence-electron chi connectivity index (χ4n) is 4.30. The van der Waals surface area contributed by atoms with E-state index in [0.29, 0.717) is 5.92 Å². The predicted octanol–water partition coefficient (Wildman–Crippen LogP) is 4.43. The molecule has 3 heteroatoms. The molecule has 118 valence electrons. The fourth-order valence-corrected chi connectivity index (χ4v) is 4.30. The number of fused-ring (bicyclic) bond motifs is 2. The van der Waals surface area contributed by atoms with Gasteiger partial charge < -0.3 is 5.32 Å². The lowest BCUT2D eigenvalue weighted by Crippen LogP contribution is -2.27. The molecule has 4 rings (SSSR count). The van der Waals surface area contributed by atoms with Crippen LogP contribution < -0.4 is 5.32 Å². The van der Waals surface area contributed by atoms with E-state index in [2.05, 4.69) is 23.3 Å². The van der Waals surface area contributed by atoms with Crippen LogP contribution in [0.3, 0.4) is 0 Å². The molecule has 2 aliphatic carbocycles. The molecule has 1 aromatic heterocycles. The average molecular weight is 306 g/mol. The van der Waals surface area contributed by atoms with E-state index in [9.17, 15) is 4.79 Å². The van der Waals surface area contributed by atoms with E-state index in [1.165, 1.54) is 24.8 Å². The molecule has 1 amide bonds. The summed E-state index contributed by atoms with van der Waals surface area (Å²) in [5.41, 5.74) is 4.07. The van der Waals surface area contributed by atoms with Crippen LogP contribution in [0.2, 0.25) is 0 Å². The van der Waals surface area contributed by atoms with Crippen molar-refractivity contribution < 1.29 is 4.79 Å². The number of benzene rings is 1. The third-order valence-electron chi connectivity index (χ3n) is 5.52. The van der Waals surface area contributed by atoms with Gasteiger partial charge in [0.25, 0.3) is 0 Å². The summed E-state index contributed by atoms with van der Waals surface area (Å²) in [5.74, 6) is 1.82. The summed E-state index contributed by atoms with van der Waals surface area (Å²) in [6.07, 6.45) is 6.69. The van der Waals surface area contributed by atoms with E-state index in [1.54, 1.807) is 6.20 Å². The second kappa shape index (κ2) is 5.80. The molecule has 2 aliphatic rings. The number of aromatic nitrogens is 1. The lowest BCUT2D eigenvalue weighted by molar-refractivity contribution is -0.121. The van der Waals surface area contributed by atoms with E-state index in [-0.39, 0.29) is 11.8 Å². The molecule has 2 saturated carbocycles. The maximum Gasteiger partial charge on any atom is 0.227 e. The minimum atomic E-state index is 0.202. The fraction of sp³-hybridized carbons (Fsp3) is 0.400. The largest absolute Gasteiger partial charge is 0.326 e. The zero-order chi connectivity index (χ0) is 15.8. The molecule has 23 heavy (non-hydrogen) atoms. The third-order valence-corrected chi connectivity index (χ3v) is 5.52. The van der Waals surface area contributed by atoms with Crippen LogP contribution in [0.4, 0.5) is 5.69 Å². The van der Waals surface area contributed by atoms with Crippen LogP contribution in [-0.4, -0.2) is 10.9 Å². The molecule has 1 N–H and O–H groups in total. The molecular weight excluding hydrogens is 284 g/mol. The van der Waals surface area contributed by atoms with E-state index in [1.807, 2.05) is 30.3 Å². The summed E-state index contributed by atoms with van der Waals surface area (Å²) in [6.45, 7) is 2.07. The van der Waals surface area contributed by atoms with E-state index in [0.717, 1.165) is 29.3 Å². The molecule has 1 aromatic carbocycles. The number of nitrogens with zero attached hydrogens (tertiary/aromatic N) is 1. The Kier molecular flexibility index (Phi) is 3.64. The summed E-state index contributed by atoms with van der Waals surface area (Å²) in [4.78, 5) is 17.0. The lowest BCUT2D eigenvalue weighted by Gasteiger charge is -2.21. The molecule has 3 atom stereocenters. The third kappa shape index (κ3) is 2.76. The predicted molar refractivity (Wildman–Crippen MR) is 92.0 cm³/mol. The van der Waals surface area contributed by atoms with Gasteiger partial charge in [-0.1, -0.05) is 18.6 Å². The summed E-state index contributed by atoms with van der Waals surface area (Å²) >= 11 is 0. The Bertz CT molecular complexity index is 726. The first-order valence-corrected chi connectivity index (χ1v) is 8.53. The van der Waals surface area contributed by atoms with Gasteiger partial charge in [-0.3, -0.25) is 9.78 Å². The molecule has 2 aromatic rings. The Balaban J connectivity index is 1.54. The summed E-state index contributed by atoms with van der Waals surface area (Å²) in [7, 11) is 0. The zero-order valence-electron chi connectivity index (χ0n) is 13.5. The minimum Gasteiger partial charge on any atom is -0.326 e. The van der Waals surface area contributed by atoms with Crippen molar-refractivity contribution in [1.29, 1.82) is 0 Å². The molecule has 2 bridgehead atoms. The molecule has 3 nitrogen and oxygen atoms in total. The molecule has 0 radical (unpaired) electrons. The number of hydrogen-bond donors (Lipinski definition) is 1. The van der Waals surface area contributed by atoms with Crippen molar-refractivity contribution in [1.82, 2.24) is 4.98 Å². The number of rotatable bonds is 3. The van der Waals surface area contributed by atoms with Gasteiger partial charge in [0, 0.05) is 23.4 Å². The molecule has 0 unspecified atom stereocenters. The van der Waals surface area contributed by atoms with Crippen LogP contribution >= 0.6 is 0 Å². The highest BCUT2D eigenvalue weighted by Crippen LogP contribution is 2.48. The Labute approximate surface area is 137 Å². The topological polar surface area (TPSA) is 42.0 Å². The second-order valence-electron chi connectivity index (χ2n) is 7.02. The van der Waals surface area contributed by atoms with Gasteiger partial charge in [-0.2, -0.15) is 0 Å². The molecule has 0 aliphatic heterocycles. The van der Waals surface area contributed by atoms with Crippen LogP contribution in [0, 0.1) is 24.7 Å². The monoisotopic (exact) mass is 306 g/mol. The number of carbonyl (C=O) groups is 1. The highest BCUT2D eigenvalue weighted by atomic mass is 16.1. The van der Waals surface area contributed by atoms with Crippen LogP contribution in [0.5, 0.6) is 0 Å². The smallest absolute Gasteiger partial charge is 0.227 e. The molecular formula is C20H22N2O. The highest BCUT2D eigenvalue weighted by molar-refractivity contribution is 5.93. The van der Waals surface area contributed by atoms with Crippen molar-refractivity contribution in [2.45, 2.75) is 32.6 Å². The average Bonchev–Trinajstić information content (AvgIpc) is 3.20. The SMILES string of the molecule is Cc1ccc(NC(=O)[C@@H]2C[C@H]3CC[C@@H]2C3)cc1-c1ccccn1. The van der Waals surface area contributed by atoms with Gasteiger partial charge >= 0.3 is 0 Å². The number of nitrogens with one attached hydrogen (secondary N) is 1. The Morgan fingerprint density at radius 1 is 1.17 bits per heavy atom. The molecule has 1 heterocycles. The minimum absolute atomic E-state index is 0.202. The van der Waals surface area contributed by atoms with Crippen LogP contribution in [0.25, 0.3) is 11.3 Å². The van der Waals surface area contributed by atoms with E-state index >= 15 is 0 Å². The lowest BCUT2D eigenvalue weighted by atomic mass is 9.88. The molecule has 0 spiro atoms. The molecule has 0 saturated heterocycles. The van der Waals surface area contributed by atoms with Crippen molar-refractivity contribution in [2.75, 3.05) is 5.32 Å². The van der Waals surface area contributed by atoms with Crippen molar-refractivity contribution in [3.8, 4) is 11.3 Å². The normalized spacial score (nSPS) is 25.5. The van der Waals surface area contributed by atoms with Gasteiger partial charge in [-0.15, -0.1) is 0 Å². The summed E-state index contributed by atoms with van der Waals surface area (Å²) in [6, 6.07) is 12.0. The standard InChI is InChI=1S/C20H22N2O/c1-13-5-8-16(12-17(13)19-4-2-3-9-21-19)22-20(23)18-11-14-6-7-15(18)10-14/h2-5,8-9,12,14-15,18H,6-7,10-11H2,1H3,(H,22,23)/t14-,15+,18+/m0/s1. The van der Waals surface area contributed by atoms with Crippen LogP contribution in [-0.2, 0) is 4.79 Å².